The lowest BCUT2D eigenvalue weighted by Crippen LogP contribution is -2.21. The molecule has 122 valence electrons. The molecule has 3 nitrogen and oxygen atoms in total. The Bertz CT molecular complexity index is 716. The molecule has 2 rings (SSSR count). The molecule has 0 bridgehead atoms. The molecular weight excluding hydrogens is 305 g/mol. The fourth-order valence-electron chi connectivity index (χ4n) is 2.43. The minimum absolute atomic E-state index is 0.0831. The van der Waals surface area contributed by atoms with E-state index >= 15 is 0 Å². The lowest BCUT2D eigenvalue weighted by Gasteiger charge is -2.14. The number of carbonyl (C=O) groups excluding carboxylic acids is 1. The molecule has 0 aromatic heterocycles. The summed E-state index contributed by atoms with van der Waals surface area (Å²) < 4.78 is 38.0. The highest BCUT2D eigenvalue weighted by Crippen LogP contribution is 2.30. The summed E-state index contributed by atoms with van der Waals surface area (Å²) in [7, 11) is 0. The van der Waals surface area contributed by atoms with E-state index in [1.54, 1.807) is 0 Å². The highest BCUT2D eigenvalue weighted by molar-refractivity contribution is 6.00. The Kier molecular flexibility index (Phi) is 4.63. The Morgan fingerprint density at radius 3 is 2.13 bits per heavy atom. The van der Waals surface area contributed by atoms with Crippen LogP contribution in [0, 0.1) is 20.8 Å². The fourth-order valence-corrected chi connectivity index (χ4v) is 2.43. The van der Waals surface area contributed by atoms with Gasteiger partial charge in [-0.2, -0.15) is 13.2 Å². The molecule has 2 aromatic carbocycles. The van der Waals surface area contributed by atoms with E-state index in [4.69, 9.17) is 0 Å². The van der Waals surface area contributed by atoms with E-state index in [0.29, 0.717) is 5.69 Å². The molecule has 0 aliphatic rings. The van der Waals surface area contributed by atoms with Crippen molar-refractivity contribution in [3.8, 4) is 0 Å². The second-order valence-corrected chi connectivity index (χ2v) is 5.43. The topological polar surface area (TPSA) is 41.1 Å². The van der Waals surface area contributed by atoms with Gasteiger partial charge in [0.05, 0.1) is 5.56 Å². The van der Waals surface area contributed by atoms with Gasteiger partial charge in [0.25, 0.3) is 0 Å². The average molecular weight is 322 g/mol. The predicted molar refractivity (Wildman–Crippen MR) is 84.7 cm³/mol. The van der Waals surface area contributed by atoms with Gasteiger partial charge < -0.3 is 10.6 Å². The van der Waals surface area contributed by atoms with Crippen molar-refractivity contribution in [3.63, 3.8) is 0 Å². The SMILES string of the molecule is Cc1cc(C)c(NC(=O)Nc2cccc(C(F)(F)F)c2)c(C)c1. The van der Waals surface area contributed by atoms with E-state index in [9.17, 15) is 18.0 Å². The molecule has 0 aliphatic heterocycles. The van der Waals surface area contributed by atoms with Gasteiger partial charge in [-0.1, -0.05) is 23.8 Å². The van der Waals surface area contributed by atoms with Crippen molar-refractivity contribution in [3.05, 3.63) is 58.7 Å². The third kappa shape index (κ3) is 4.25. The van der Waals surface area contributed by atoms with Gasteiger partial charge in [0.15, 0.2) is 0 Å². The fraction of sp³-hybridized carbons (Fsp3) is 0.235. The summed E-state index contributed by atoms with van der Waals surface area (Å²) in [6.45, 7) is 5.67. The minimum Gasteiger partial charge on any atom is -0.308 e. The summed E-state index contributed by atoms with van der Waals surface area (Å²) in [5.74, 6) is 0. The largest absolute Gasteiger partial charge is 0.416 e. The number of hydrogen-bond donors (Lipinski definition) is 2. The van der Waals surface area contributed by atoms with Crippen molar-refractivity contribution in [2.75, 3.05) is 10.6 Å². The van der Waals surface area contributed by atoms with Crippen LogP contribution < -0.4 is 10.6 Å². The standard InChI is InChI=1S/C17H17F3N2O/c1-10-7-11(2)15(12(3)8-10)22-16(23)21-14-6-4-5-13(9-14)17(18,19)20/h4-9H,1-3H3,(H2,21,22,23). The molecule has 2 amide bonds. The van der Waals surface area contributed by atoms with Gasteiger partial charge >= 0.3 is 12.2 Å². The van der Waals surface area contributed by atoms with Gasteiger partial charge in [0.2, 0.25) is 0 Å². The monoisotopic (exact) mass is 322 g/mol. The molecule has 0 spiro atoms. The van der Waals surface area contributed by atoms with Crippen LogP contribution in [-0.2, 0) is 6.18 Å². The maximum atomic E-state index is 12.7. The molecule has 23 heavy (non-hydrogen) atoms. The molecule has 2 aromatic rings. The van der Waals surface area contributed by atoms with Crippen LogP contribution >= 0.6 is 0 Å². The Hall–Kier alpha value is -2.50. The van der Waals surface area contributed by atoms with Crippen LogP contribution in [0.25, 0.3) is 0 Å². The van der Waals surface area contributed by atoms with Crippen LogP contribution in [0.4, 0.5) is 29.3 Å². The van der Waals surface area contributed by atoms with Crippen LogP contribution in [-0.4, -0.2) is 6.03 Å². The molecule has 0 atom stereocenters. The summed E-state index contributed by atoms with van der Waals surface area (Å²) in [5.41, 5.74) is 2.78. The zero-order valence-corrected chi connectivity index (χ0v) is 13.0. The first kappa shape index (κ1) is 16.9. The smallest absolute Gasteiger partial charge is 0.308 e. The van der Waals surface area contributed by atoms with Crippen LogP contribution in [0.5, 0.6) is 0 Å². The number of amides is 2. The van der Waals surface area contributed by atoms with Gasteiger partial charge in [0.1, 0.15) is 0 Å². The Morgan fingerprint density at radius 1 is 0.957 bits per heavy atom. The van der Waals surface area contributed by atoms with E-state index < -0.39 is 17.8 Å². The summed E-state index contributed by atoms with van der Waals surface area (Å²) in [5, 5.41) is 5.10. The number of nitrogens with one attached hydrogen (secondary N) is 2. The molecule has 0 heterocycles. The third-order valence-corrected chi connectivity index (χ3v) is 3.36. The molecule has 2 N–H and O–H groups in total. The van der Waals surface area contributed by atoms with Crippen molar-refractivity contribution in [1.29, 1.82) is 0 Å². The highest BCUT2D eigenvalue weighted by atomic mass is 19.4. The Balaban J connectivity index is 2.15. The third-order valence-electron chi connectivity index (χ3n) is 3.36. The predicted octanol–water partition coefficient (Wildman–Crippen LogP) is 5.27. The normalized spacial score (nSPS) is 11.2. The molecule has 0 saturated carbocycles. The first-order chi connectivity index (χ1) is 10.7. The zero-order chi connectivity index (χ0) is 17.2. The number of alkyl halides is 3. The Labute approximate surface area is 132 Å². The molecule has 0 fully saturated rings. The lowest BCUT2D eigenvalue weighted by atomic mass is 10.1. The number of hydrogen-bond acceptors (Lipinski definition) is 1. The summed E-state index contributed by atoms with van der Waals surface area (Å²) in [4.78, 5) is 12.0. The first-order valence-electron chi connectivity index (χ1n) is 7.00. The molecular formula is C17H17F3N2O. The van der Waals surface area contributed by atoms with E-state index in [1.165, 1.54) is 12.1 Å². The van der Waals surface area contributed by atoms with Crippen molar-refractivity contribution < 1.29 is 18.0 Å². The van der Waals surface area contributed by atoms with Crippen LogP contribution in [0.3, 0.4) is 0 Å². The van der Waals surface area contributed by atoms with Crippen molar-refractivity contribution >= 4 is 17.4 Å². The summed E-state index contributed by atoms with van der Waals surface area (Å²) in [6, 6.07) is 7.77. The minimum atomic E-state index is -4.45. The number of carbonyl (C=O) groups is 1. The first-order valence-corrected chi connectivity index (χ1v) is 7.00. The van der Waals surface area contributed by atoms with E-state index in [0.717, 1.165) is 28.8 Å². The highest BCUT2D eigenvalue weighted by Gasteiger charge is 2.30. The number of halogens is 3. The van der Waals surface area contributed by atoms with Crippen LogP contribution in [0.2, 0.25) is 0 Å². The molecule has 0 aliphatic carbocycles. The molecule has 6 heteroatoms. The van der Waals surface area contributed by atoms with Crippen molar-refractivity contribution in [2.45, 2.75) is 26.9 Å². The van der Waals surface area contributed by atoms with E-state index in [1.807, 2.05) is 32.9 Å². The van der Waals surface area contributed by atoms with Crippen molar-refractivity contribution in [2.24, 2.45) is 0 Å². The lowest BCUT2D eigenvalue weighted by molar-refractivity contribution is -0.137. The number of aryl methyl sites for hydroxylation is 3. The van der Waals surface area contributed by atoms with Crippen LogP contribution in [0.1, 0.15) is 22.3 Å². The average Bonchev–Trinajstić information content (AvgIpc) is 2.42. The van der Waals surface area contributed by atoms with E-state index in [-0.39, 0.29) is 5.69 Å². The summed E-state index contributed by atoms with van der Waals surface area (Å²) >= 11 is 0. The summed E-state index contributed by atoms with van der Waals surface area (Å²) in [6.07, 6.45) is -4.45. The second-order valence-electron chi connectivity index (χ2n) is 5.43. The quantitative estimate of drug-likeness (QED) is 0.776. The maximum absolute atomic E-state index is 12.7. The number of anilines is 2. The number of rotatable bonds is 2. The molecule has 0 saturated heterocycles. The van der Waals surface area contributed by atoms with Crippen LogP contribution in [0.15, 0.2) is 36.4 Å². The molecule has 0 unspecified atom stereocenters. The van der Waals surface area contributed by atoms with Gasteiger partial charge in [-0.3, -0.25) is 0 Å². The van der Waals surface area contributed by atoms with Gasteiger partial charge in [-0.05, 0) is 50.1 Å². The maximum Gasteiger partial charge on any atom is 0.416 e. The van der Waals surface area contributed by atoms with Crippen molar-refractivity contribution in [1.82, 2.24) is 0 Å². The van der Waals surface area contributed by atoms with E-state index in [2.05, 4.69) is 10.6 Å². The van der Waals surface area contributed by atoms with Gasteiger partial charge in [-0.25, -0.2) is 4.79 Å². The zero-order valence-electron chi connectivity index (χ0n) is 13.0. The van der Waals surface area contributed by atoms with Gasteiger partial charge in [-0.15, -0.1) is 0 Å². The Morgan fingerprint density at radius 2 is 1.57 bits per heavy atom. The van der Waals surface area contributed by atoms with Gasteiger partial charge in [0, 0.05) is 11.4 Å². The number of urea groups is 1. The molecule has 0 radical (unpaired) electrons. The second kappa shape index (κ2) is 6.32. The number of benzene rings is 2.